The van der Waals surface area contributed by atoms with Crippen molar-refractivity contribution in [2.45, 2.75) is 51.5 Å². The zero-order valence-electron chi connectivity index (χ0n) is 15.6. The molecular weight excluding hydrogens is 312 g/mol. The van der Waals surface area contributed by atoms with Crippen molar-refractivity contribution in [1.82, 2.24) is 15.5 Å². The number of hydrogen-bond donors (Lipinski definition) is 2. The van der Waals surface area contributed by atoms with E-state index in [2.05, 4.69) is 51.7 Å². The highest BCUT2D eigenvalue weighted by molar-refractivity contribution is 5.79. The molecule has 1 aromatic rings. The average molecular weight is 345 g/mol. The molecule has 0 aromatic heterocycles. The number of likely N-dealkylation sites (tertiary alicyclic amines) is 1. The van der Waals surface area contributed by atoms with Crippen LogP contribution in [-0.2, 0) is 11.2 Å². The fourth-order valence-electron chi connectivity index (χ4n) is 3.36. The van der Waals surface area contributed by atoms with Gasteiger partial charge in [-0.3, -0.25) is 9.79 Å². The normalized spacial score (nSPS) is 16.2. The van der Waals surface area contributed by atoms with Gasteiger partial charge in [-0.25, -0.2) is 0 Å². The van der Waals surface area contributed by atoms with E-state index >= 15 is 0 Å². The molecule has 0 bridgehead atoms. The molecule has 0 radical (unpaired) electrons. The first-order chi connectivity index (χ1) is 12.2. The van der Waals surface area contributed by atoms with Gasteiger partial charge < -0.3 is 15.5 Å². The summed E-state index contributed by atoms with van der Waals surface area (Å²) in [5.74, 6) is 1.16. The Balaban J connectivity index is 1.63. The SMILES string of the molecule is CCC(CCNC(=NC)NCCCc1ccccc1)N1CCCC1=O. The van der Waals surface area contributed by atoms with Crippen LogP contribution in [0.5, 0.6) is 0 Å². The average Bonchev–Trinajstić information content (AvgIpc) is 3.07. The highest BCUT2D eigenvalue weighted by Gasteiger charge is 2.26. The molecule has 1 unspecified atom stereocenters. The Bertz CT molecular complexity index is 544. The van der Waals surface area contributed by atoms with E-state index in [9.17, 15) is 4.79 Å². The van der Waals surface area contributed by atoms with Gasteiger partial charge in [-0.1, -0.05) is 37.3 Å². The molecule has 1 saturated heterocycles. The molecule has 5 nitrogen and oxygen atoms in total. The van der Waals surface area contributed by atoms with E-state index in [1.54, 1.807) is 7.05 Å². The number of guanidine groups is 1. The summed E-state index contributed by atoms with van der Waals surface area (Å²) in [7, 11) is 1.80. The highest BCUT2D eigenvalue weighted by atomic mass is 16.2. The summed E-state index contributed by atoms with van der Waals surface area (Å²) in [6, 6.07) is 10.9. The molecule has 1 aliphatic rings. The number of nitrogens with one attached hydrogen (secondary N) is 2. The molecule has 5 heteroatoms. The van der Waals surface area contributed by atoms with Crippen LogP contribution in [-0.4, -0.2) is 49.5 Å². The molecule has 1 aliphatic heterocycles. The van der Waals surface area contributed by atoms with Gasteiger partial charge in [-0.2, -0.15) is 0 Å². The molecule has 25 heavy (non-hydrogen) atoms. The third kappa shape index (κ3) is 6.40. The van der Waals surface area contributed by atoms with Gasteiger partial charge in [0, 0.05) is 39.1 Å². The van der Waals surface area contributed by atoms with Crippen LogP contribution in [0.4, 0.5) is 0 Å². The third-order valence-corrected chi connectivity index (χ3v) is 4.79. The van der Waals surface area contributed by atoms with Gasteiger partial charge >= 0.3 is 0 Å². The Kier molecular flexibility index (Phi) is 8.29. The maximum Gasteiger partial charge on any atom is 0.222 e. The van der Waals surface area contributed by atoms with Crippen molar-refractivity contribution in [3.63, 3.8) is 0 Å². The Labute approximate surface area is 151 Å². The monoisotopic (exact) mass is 344 g/mol. The van der Waals surface area contributed by atoms with Crippen LogP contribution in [0.25, 0.3) is 0 Å². The van der Waals surface area contributed by atoms with Crippen molar-refractivity contribution in [3.8, 4) is 0 Å². The second kappa shape index (κ2) is 10.7. The summed E-state index contributed by atoms with van der Waals surface area (Å²) in [5, 5.41) is 6.74. The molecule has 1 aromatic carbocycles. The number of carbonyl (C=O) groups is 1. The molecule has 0 saturated carbocycles. The van der Waals surface area contributed by atoms with E-state index in [0.29, 0.717) is 18.4 Å². The quantitative estimate of drug-likeness (QED) is 0.411. The first kappa shape index (κ1) is 19.3. The number of hydrogen-bond acceptors (Lipinski definition) is 2. The predicted molar refractivity (Wildman–Crippen MR) is 104 cm³/mol. The number of rotatable bonds is 9. The van der Waals surface area contributed by atoms with Crippen LogP contribution in [0.2, 0.25) is 0 Å². The van der Waals surface area contributed by atoms with Crippen molar-refractivity contribution in [2.75, 3.05) is 26.7 Å². The zero-order chi connectivity index (χ0) is 17.9. The first-order valence-electron chi connectivity index (χ1n) is 9.52. The molecule has 138 valence electrons. The molecule has 0 aliphatic carbocycles. The summed E-state index contributed by atoms with van der Waals surface area (Å²) in [6.07, 6.45) is 5.84. The lowest BCUT2D eigenvalue weighted by molar-refractivity contribution is -0.129. The minimum absolute atomic E-state index is 0.315. The topological polar surface area (TPSA) is 56.7 Å². The van der Waals surface area contributed by atoms with Crippen LogP contribution in [0, 0.1) is 0 Å². The Morgan fingerprint density at radius 3 is 2.64 bits per heavy atom. The fourth-order valence-corrected chi connectivity index (χ4v) is 3.36. The molecular formula is C20H32N4O. The molecule has 1 heterocycles. The fraction of sp³-hybridized carbons (Fsp3) is 0.600. The number of carbonyl (C=O) groups excluding carboxylic acids is 1. The Morgan fingerprint density at radius 1 is 1.24 bits per heavy atom. The van der Waals surface area contributed by atoms with Gasteiger partial charge in [0.1, 0.15) is 0 Å². The second-order valence-corrected chi connectivity index (χ2v) is 6.56. The summed E-state index contributed by atoms with van der Waals surface area (Å²) in [5.41, 5.74) is 1.37. The lowest BCUT2D eigenvalue weighted by atomic mass is 10.1. The summed E-state index contributed by atoms with van der Waals surface area (Å²) < 4.78 is 0. The number of aliphatic imine (C=N–C) groups is 1. The number of aryl methyl sites for hydroxylation is 1. The maximum atomic E-state index is 11.9. The summed E-state index contributed by atoms with van der Waals surface area (Å²) in [4.78, 5) is 18.2. The highest BCUT2D eigenvalue weighted by Crippen LogP contribution is 2.17. The number of benzene rings is 1. The molecule has 1 amide bonds. The van der Waals surface area contributed by atoms with Crippen molar-refractivity contribution in [1.29, 1.82) is 0 Å². The standard InChI is InChI=1S/C20H32N4O/c1-3-18(24-16-8-12-19(24)25)13-15-23-20(21-2)22-14-7-11-17-9-5-4-6-10-17/h4-6,9-10,18H,3,7-8,11-16H2,1-2H3,(H2,21,22,23). The molecule has 2 rings (SSSR count). The minimum Gasteiger partial charge on any atom is -0.356 e. The molecule has 2 N–H and O–H groups in total. The maximum absolute atomic E-state index is 11.9. The Hall–Kier alpha value is -2.04. The van der Waals surface area contributed by atoms with Crippen LogP contribution in [0.3, 0.4) is 0 Å². The Morgan fingerprint density at radius 2 is 2.00 bits per heavy atom. The van der Waals surface area contributed by atoms with Gasteiger partial charge in [-0.15, -0.1) is 0 Å². The van der Waals surface area contributed by atoms with E-state index < -0.39 is 0 Å². The summed E-state index contributed by atoms with van der Waals surface area (Å²) >= 11 is 0. The van der Waals surface area contributed by atoms with E-state index in [1.165, 1.54) is 5.56 Å². The third-order valence-electron chi connectivity index (χ3n) is 4.79. The predicted octanol–water partition coefficient (Wildman–Crippen LogP) is 2.58. The molecule has 1 fully saturated rings. The van der Waals surface area contributed by atoms with Crippen LogP contribution >= 0.6 is 0 Å². The van der Waals surface area contributed by atoms with Gasteiger partial charge in [0.15, 0.2) is 5.96 Å². The lowest BCUT2D eigenvalue weighted by Crippen LogP contribution is -2.42. The van der Waals surface area contributed by atoms with E-state index in [0.717, 1.165) is 57.7 Å². The van der Waals surface area contributed by atoms with Gasteiger partial charge in [-0.05, 0) is 37.7 Å². The van der Waals surface area contributed by atoms with Gasteiger partial charge in [0.05, 0.1) is 0 Å². The molecule has 1 atom stereocenters. The van der Waals surface area contributed by atoms with Gasteiger partial charge in [0.2, 0.25) is 5.91 Å². The van der Waals surface area contributed by atoms with Crippen molar-refractivity contribution >= 4 is 11.9 Å². The van der Waals surface area contributed by atoms with E-state index in [1.807, 2.05) is 6.07 Å². The summed E-state index contributed by atoms with van der Waals surface area (Å²) in [6.45, 7) is 4.81. The van der Waals surface area contributed by atoms with Crippen molar-refractivity contribution < 1.29 is 4.79 Å². The number of nitrogens with zero attached hydrogens (tertiary/aromatic N) is 2. The van der Waals surface area contributed by atoms with Crippen LogP contribution in [0.1, 0.15) is 44.6 Å². The smallest absolute Gasteiger partial charge is 0.222 e. The van der Waals surface area contributed by atoms with Crippen molar-refractivity contribution in [2.24, 2.45) is 4.99 Å². The molecule has 0 spiro atoms. The zero-order valence-corrected chi connectivity index (χ0v) is 15.6. The second-order valence-electron chi connectivity index (χ2n) is 6.56. The van der Waals surface area contributed by atoms with E-state index in [4.69, 9.17) is 0 Å². The van der Waals surface area contributed by atoms with Crippen LogP contribution in [0.15, 0.2) is 35.3 Å². The minimum atomic E-state index is 0.315. The number of amides is 1. The van der Waals surface area contributed by atoms with E-state index in [-0.39, 0.29) is 0 Å². The first-order valence-corrected chi connectivity index (χ1v) is 9.52. The largest absolute Gasteiger partial charge is 0.356 e. The van der Waals surface area contributed by atoms with Gasteiger partial charge in [0.25, 0.3) is 0 Å². The lowest BCUT2D eigenvalue weighted by Gasteiger charge is -2.27. The van der Waals surface area contributed by atoms with Crippen LogP contribution < -0.4 is 10.6 Å². The van der Waals surface area contributed by atoms with Crippen molar-refractivity contribution in [3.05, 3.63) is 35.9 Å².